The molecule has 0 saturated carbocycles. The molecule has 1 amide bonds. The molecule has 24 heavy (non-hydrogen) atoms. The predicted molar refractivity (Wildman–Crippen MR) is 83.3 cm³/mol. The number of carbonyl (C=O) groups is 1. The van der Waals surface area contributed by atoms with Crippen LogP contribution in [0.2, 0.25) is 0 Å². The Hall–Kier alpha value is -2.03. The Labute approximate surface area is 141 Å². The van der Waals surface area contributed by atoms with Gasteiger partial charge in [-0.2, -0.15) is 13.2 Å². The Morgan fingerprint density at radius 1 is 1.38 bits per heavy atom. The van der Waals surface area contributed by atoms with Crippen LogP contribution in [0, 0.1) is 5.92 Å². The second-order valence-corrected chi connectivity index (χ2v) is 6.33. The number of hydrogen-bond acceptors (Lipinski definition) is 5. The van der Waals surface area contributed by atoms with E-state index in [2.05, 4.69) is 15.3 Å². The molecule has 0 aliphatic rings. The standard InChI is InChI=1S/C15H16F3N3O2S/c1-9(2)7-19-13(22)8-24-14-20-10(11-4-3-5-23-11)6-12(21-14)15(16,17)18/h3-6,9H,7-8H2,1-2H3,(H,19,22). The molecule has 0 aromatic carbocycles. The topological polar surface area (TPSA) is 68.0 Å². The molecular formula is C15H16F3N3O2S. The maximum atomic E-state index is 13.0. The lowest BCUT2D eigenvalue weighted by Gasteiger charge is -2.10. The summed E-state index contributed by atoms with van der Waals surface area (Å²) in [6, 6.07) is 3.88. The Morgan fingerprint density at radius 2 is 2.12 bits per heavy atom. The van der Waals surface area contributed by atoms with E-state index in [1.807, 2.05) is 13.8 Å². The fraction of sp³-hybridized carbons (Fsp3) is 0.400. The Bertz CT molecular complexity index is 688. The first-order chi connectivity index (χ1) is 11.3. The zero-order valence-electron chi connectivity index (χ0n) is 13.1. The fourth-order valence-corrected chi connectivity index (χ4v) is 2.37. The van der Waals surface area contributed by atoms with Gasteiger partial charge in [0, 0.05) is 6.54 Å². The van der Waals surface area contributed by atoms with Gasteiger partial charge in [-0.1, -0.05) is 25.6 Å². The first-order valence-corrected chi connectivity index (χ1v) is 8.14. The van der Waals surface area contributed by atoms with E-state index >= 15 is 0 Å². The molecule has 2 aromatic heterocycles. The monoisotopic (exact) mass is 359 g/mol. The van der Waals surface area contributed by atoms with Gasteiger partial charge in [0.1, 0.15) is 11.4 Å². The van der Waals surface area contributed by atoms with Crippen LogP contribution in [-0.4, -0.2) is 28.2 Å². The molecule has 9 heteroatoms. The van der Waals surface area contributed by atoms with Crippen LogP contribution in [0.5, 0.6) is 0 Å². The Balaban J connectivity index is 2.17. The van der Waals surface area contributed by atoms with Gasteiger partial charge in [-0.3, -0.25) is 4.79 Å². The molecule has 0 bridgehead atoms. The maximum Gasteiger partial charge on any atom is 0.433 e. The number of nitrogens with one attached hydrogen (secondary N) is 1. The summed E-state index contributed by atoms with van der Waals surface area (Å²) in [7, 11) is 0. The number of amides is 1. The molecule has 0 spiro atoms. The van der Waals surface area contributed by atoms with Gasteiger partial charge >= 0.3 is 6.18 Å². The Kier molecular flexibility index (Phi) is 5.87. The van der Waals surface area contributed by atoms with Gasteiger partial charge in [-0.05, 0) is 24.1 Å². The zero-order valence-corrected chi connectivity index (χ0v) is 13.9. The molecule has 1 N–H and O–H groups in total. The average Bonchev–Trinajstić information content (AvgIpc) is 3.04. The zero-order chi connectivity index (χ0) is 17.7. The van der Waals surface area contributed by atoms with E-state index in [4.69, 9.17) is 4.42 Å². The number of nitrogens with zero attached hydrogens (tertiary/aromatic N) is 2. The summed E-state index contributed by atoms with van der Waals surface area (Å²) in [4.78, 5) is 19.2. The van der Waals surface area contributed by atoms with Crippen molar-refractivity contribution in [3.8, 4) is 11.5 Å². The molecule has 0 fully saturated rings. The summed E-state index contributed by atoms with van der Waals surface area (Å²) in [5.41, 5.74) is -1.05. The first-order valence-electron chi connectivity index (χ1n) is 7.15. The molecule has 2 aromatic rings. The molecule has 0 atom stereocenters. The van der Waals surface area contributed by atoms with Crippen molar-refractivity contribution in [3.63, 3.8) is 0 Å². The van der Waals surface area contributed by atoms with Gasteiger partial charge in [-0.25, -0.2) is 9.97 Å². The van der Waals surface area contributed by atoms with E-state index in [-0.39, 0.29) is 34.2 Å². The van der Waals surface area contributed by atoms with Gasteiger partial charge in [0.25, 0.3) is 0 Å². The number of rotatable bonds is 6. The van der Waals surface area contributed by atoms with Crippen molar-refractivity contribution in [1.82, 2.24) is 15.3 Å². The third kappa shape index (κ3) is 5.26. The van der Waals surface area contributed by atoms with Crippen molar-refractivity contribution in [3.05, 3.63) is 30.2 Å². The van der Waals surface area contributed by atoms with Gasteiger partial charge in [-0.15, -0.1) is 0 Å². The van der Waals surface area contributed by atoms with Crippen molar-refractivity contribution in [2.45, 2.75) is 25.2 Å². The lowest BCUT2D eigenvalue weighted by Crippen LogP contribution is -2.28. The third-order valence-corrected chi connectivity index (χ3v) is 3.66. The van der Waals surface area contributed by atoms with Crippen LogP contribution in [0.15, 0.2) is 34.0 Å². The minimum absolute atomic E-state index is 0.0208. The summed E-state index contributed by atoms with van der Waals surface area (Å²) in [6.07, 6.45) is -3.27. The minimum Gasteiger partial charge on any atom is -0.463 e. The number of hydrogen-bond donors (Lipinski definition) is 1. The van der Waals surface area contributed by atoms with E-state index in [1.54, 1.807) is 6.07 Å². The van der Waals surface area contributed by atoms with Crippen molar-refractivity contribution >= 4 is 17.7 Å². The van der Waals surface area contributed by atoms with Crippen molar-refractivity contribution in [1.29, 1.82) is 0 Å². The molecule has 130 valence electrons. The van der Waals surface area contributed by atoms with Crippen LogP contribution in [0.1, 0.15) is 19.5 Å². The SMILES string of the molecule is CC(C)CNC(=O)CSc1nc(-c2ccco2)cc(C(F)(F)F)n1. The molecule has 0 saturated heterocycles. The number of thioether (sulfide) groups is 1. The summed E-state index contributed by atoms with van der Waals surface area (Å²) in [5.74, 6) is 0.142. The lowest BCUT2D eigenvalue weighted by atomic mass is 10.2. The minimum atomic E-state index is -4.61. The van der Waals surface area contributed by atoms with E-state index in [0.29, 0.717) is 6.54 Å². The highest BCUT2D eigenvalue weighted by molar-refractivity contribution is 7.99. The van der Waals surface area contributed by atoms with Gasteiger partial charge in [0.05, 0.1) is 12.0 Å². The highest BCUT2D eigenvalue weighted by atomic mass is 32.2. The van der Waals surface area contributed by atoms with Crippen LogP contribution >= 0.6 is 11.8 Å². The molecule has 0 radical (unpaired) electrons. The number of aromatic nitrogens is 2. The van der Waals surface area contributed by atoms with E-state index in [0.717, 1.165) is 17.8 Å². The average molecular weight is 359 g/mol. The summed E-state index contributed by atoms with van der Waals surface area (Å²) >= 11 is 0.846. The number of alkyl halides is 3. The predicted octanol–water partition coefficient (Wildman–Crippen LogP) is 3.62. The summed E-state index contributed by atoms with van der Waals surface area (Å²) < 4.78 is 44.1. The highest BCUT2D eigenvalue weighted by Crippen LogP contribution is 2.32. The quantitative estimate of drug-likeness (QED) is 0.630. The summed E-state index contributed by atoms with van der Waals surface area (Å²) in [5, 5.41) is 2.55. The molecular weight excluding hydrogens is 343 g/mol. The number of carbonyl (C=O) groups excluding carboxylic acids is 1. The van der Waals surface area contributed by atoms with Crippen molar-refractivity contribution in [2.24, 2.45) is 5.92 Å². The van der Waals surface area contributed by atoms with E-state index in [1.165, 1.54) is 12.3 Å². The first kappa shape index (κ1) is 18.3. The van der Waals surface area contributed by atoms with Crippen LogP contribution in [0.3, 0.4) is 0 Å². The molecule has 2 heterocycles. The lowest BCUT2D eigenvalue weighted by molar-refractivity contribution is -0.141. The second-order valence-electron chi connectivity index (χ2n) is 5.38. The smallest absolute Gasteiger partial charge is 0.433 e. The number of halogens is 3. The number of furan rings is 1. The normalized spacial score (nSPS) is 11.8. The van der Waals surface area contributed by atoms with E-state index in [9.17, 15) is 18.0 Å². The van der Waals surface area contributed by atoms with Crippen LogP contribution in [-0.2, 0) is 11.0 Å². The molecule has 0 aliphatic carbocycles. The van der Waals surface area contributed by atoms with Crippen LogP contribution < -0.4 is 5.32 Å². The van der Waals surface area contributed by atoms with E-state index < -0.39 is 11.9 Å². The largest absolute Gasteiger partial charge is 0.463 e. The highest BCUT2D eigenvalue weighted by Gasteiger charge is 2.34. The fourth-order valence-electron chi connectivity index (χ4n) is 1.68. The molecule has 0 aliphatic heterocycles. The second kappa shape index (κ2) is 7.69. The third-order valence-electron chi connectivity index (χ3n) is 2.81. The van der Waals surface area contributed by atoms with Crippen LogP contribution in [0.25, 0.3) is 11.5 Å². The molecule has 2 rings (SSSR count). The van der Waals surface area contributed by atoms with Crippen molar-refractivity contribution in [2.75, 3.05) is 12.3 Å². The van der Waals surface area contributed by atoms with Crippen molar-refractivity contribution < 1.29 is 22.4 Å². The van der Waals surface area contributed by atoms with Crippen LogP contribution in [0.4, 0.5) is 13.2 Å². The molecule has 0 unspecified atom stereocenters. The molecule has 5 nitrogen and oxygen atoms in total. The van der Waals surface area contributed by atoms with Gasteiger partial charge in [0.2, 0.25) is 5.91 Å². The van der Waals surface area contributed by atoms with Gasteiger partial charge < -0.3 is 9.73 Å². The Morgan fingerprint density at radius 3 is 2.71 bits per heavy atom. The van der Waals surface area contributed by atoms with Gasteiger partial charge in [0.15, 0.2) is 10.9 Å². The summed E-state index contributed by atoms with van der Waals surface area (Å²) in [6.45, 7) is 4.39. The maximum absolute atomic E-state index is 13.0.